The standard InChI is InChI=1S/C14H20F3NO6S2/c1-21-6-22-8(5-19)10-11(24-7-23-10)9(12-25-3-2-4-26-12)18-13(20)14(15,16)17/h5,8-12H,2-4,6-7H2,1H3,(H,18,20)/t8-,9-,10-,11-/m1/s1. The van der Waals surface area contributed by atoms with Crippen molar-refractivity contribution in [1.82, 2.24) is 5.32 Å². The van der Waals surface area contributed by atoms with Crippen LogP contribution in [0.4, 0.5) is 13.2 Å². The number of methoxy groups -OCH3 is 1. The molecule has 2 fully saturated rings. The predicted octanol–water partition coefficient (Wildman–Crippen LogP) is 1.16. The van der Waals surface area contributed by atoms with E-state index in [1.165, 1.54) is 30.6 Å². The van der Waals surface area contributed by atoms with Crippen molar-refractivity contribution in [2.24, 2.45) is 0 Å². The number of carbonyl (C=O) groups excluding carboxylic acids is 2. The van der Waals surface area contributed by atoms with Gasteiger partial charge in [0.25, 0.3) is 0 Å². The van der Waals surface area contributed by atoms with Gasteiger partial charge >= 0.3 is 12.1 Å². The molecule has 1 amide bonds. The van der Waals surface area contributed by atoms with E-state index >= 15 is 0 Å². The predicted molar refractivity (Wildman–Crippen MR) is 88.7 cm³/mol. The van der Waals surface area contributed by atoms with Crippen LogP contribution in [-0.2, 0) is 28.5 Å². The molecule has 2 rings (SSSR count). The number of amides is 1. The Hall–Kier alpha value is -0.530. The Morgan fingerprint density at radius 2 is 1.96 bits per heavy atom. The molecule has 2 saturated heterocycles. The molecule has 26 heavy (non-hydrogen) atoms. The number of halogens is 3. The monoisotopic (exact) mass is 419 g/mol. The number of ether oxygens (including phenoxy) is 4. The highest BCUT2D eigenvalue weighted by Gasteiger charge is 2.48. The van der Waals surface area contributed by atoms with Crippen molar-refractivity contribution in [2.75, 3.05) is 32.2 Å². The summed E-state index contributed by atoms with van der Waals surface area (Å²) in [7, 11) is 1.37. The first-order chi connectivity index (χ1) is 12.4. The van der Waals surface area contributed by atoms with Gasteiger partial charge in [-0.05, 0) is 17.9 Å². The Morgan fingerprint density at radius 1 is 1.31 bits per heavy atom. The van der Waals surface area contributed by atoms with Crippen LogP contribution in [0.15, 0.2) is 0 Å². The third kappa shape index (κ3) is 5.73. The highest BCUT2D eigenvalue weighted by Crippen LogP contribution is 2.37. The van der Waals surface area contributed by atoms with E-state index in [0.717, 1.165) is 17.9 Å². The van der Waals surface area contributed by atoms with Gasteiger partial charge in [-0.1, -0.05) is 0 Å². The topological polar surface area (TPSA) is 83.1 Å². The number of thioether (sulfide) groups is 2. The molecule has 0 unspecified atom stereocenters. The number of carbonyl (C=O) groups is 2. The lowest BCUT2D eigenvalue weighted by atomic mass is 10.0. The van der Waals surface area contributed by atoms with Gasteiger partial charge in [-0.3, -0.25) is 4.79 Å². The molecule has 150 valence electrons. The molecule has 0 bridgehead atoms. The van der Waals surface area contributed by atoms with E-state index in [1.54, 1.807) is 0 Å². The van der Waals surface area contributed by atoms with Gasteiger partial charge in [0.1, 0.15) is 31.9 Å². The average Bonchev–Trinajstić information content (AvgIpc) is 3.09. The lowest BCUT2D eigenvalue weighted by Gasteiger charge is -2.35. The van der Waals surface area contributed by atoms with E-state index in [0.29, 0.717) is 6.29 Å². The Kier molecular flexibility index (Phi) is 8.48. The first-order valence-electron chi connectivity index (χ1n) is 7.78. The number of hydrogen-bond donors (Lipinski definition) is 1. The van der Waals surface area contributed by atoms with Crippen LogP contribution < -0.4 is 5.32 Å². The van der Waals surface area contributed by atoms with Gasteiger partial charge in [-0.15, -0.1) is 23.5 Å². The third-order valence-corrected chi connectivity index (χ3v) is 6.85. The molecule has 2 heterocycles. The van der Waals surface area contributed by atoms with Gasteiger partial charge in [-0.25, -0.2) is 0 Å². The van der Waals surface area contributed by atoms with E-state index in [-0.39, 0.29) is 18.2 Å². The Labute approximate surface area is 157 Å². The Balaban J connectivity index is 2.18. The first kappa shape index (κ1) is 21.8. The summed E-state index contributed by atoms with van der Waals surface area (Å²) >= 11 is 2.88. The highest BCUT2D eigenvalue weighted by atomic mass is 32.2. The zero-order valence-electron chi connectivity index (χ0n) is 13.9. The van der Waals surface area contributed by atoms with Crippen molar-refractivity contribution < 1.29 is 41.7 Å². The summed E-state index contributed by atoms with van der Waals surface area (Å²) in [6, 6.07) is -1.000. The minimum Gasteiger partial charge on any atom is -0.359 e. The van der Waals surface area contributed by atoms with Crippen molar-refractivity contribution in [3.63, 3.8) is 0 Å². The van der Waals surface area contributed by atoms with Crippen LogP contribution in [0, 0.1) is 0 Å². The minimum absolute atomic E-state index is 0.192. The molecule has 2 aliphatic rings. The van der Waals surface area contributed by atoms with Gasteiger partial charge in [0.15, 0.2) is 6.29 Å². The van der Waals surface area contributed by atoms with Crippen LogP contribution in [0.1, 0.15) is 6.42 Å². The molecule has 2 aliphatic heterocycles. The van der Waals surface area contributed by atoms with E-state index in [4.69, 9.17) is 18.9 Å². The van der Waals surface area contributed by atoms with Gasteiger partial charge in [-0.2, -0.15) is 13.2 Å². The van der Waals surface area contributed by atoms with E-state index in [9.17, 15) is 22.8 Å². The second-order valence-electron chi connectivity index (χ2n) is 5.51. The molecular formula is C14H20F3NO6S2. The largest absolute Gasteiger partial charge is 0.471 e. The molecule has 7 nitrogen and oxygen atoms in total. The molecule has 12 heteroatoms. The zero-order valence-corrected chi connectivity index (χ0v) is 15.5. The maximum absolute atomic E-state index is 12.8. The van der Waals surface area contributed by atoms with Crippen LogP contribution in [0.2, 0.25) is 0 Å². The molecule has 0 aromatic carbocycles. The fourth-order valence-corrected chi connectivity index (χ4v) is 5.68. The number of aldehydes is 1. The summed E-state index contributed by atoms with van der Waals surface area (Å²) in [6.45, 7) is -0.404. The summed E-state index contributed by atoms with van der Waals surface area (Å²) in [5, 5.41) is 2.02. The number of nitrogens with one attached hydrogen (secondary N) is 1. The van der Waals surface area contributed by atoms with Crippen molar-refractivity contribution in [2.45, 2.75) is 41.5 Å². The normalized spacial score (nSPS) is 27.1. The summed E-state index contributed by atoms with van der Waals surface area (Å²) < 4.78 is 58.7. The molecule has 0 aromatic heterocycles. The average molecular weight is 419 g/mol. The zero-order chi connectivity index (χ0) is 19.2. The quantitative estimate of drug-likeness (QED) is 0.464. The molecule has 0 aliphatic carbocycles. The molecule has 4 atom stereocenters. The van der Waals surface area contributed by atoms with Crippen molar-refractivity contribution in [3.8, 4) is 0 Å². The lowest BCUT2D eigenvalue weighted by Crippen LogP contribution is -2.57. The summed E-state index contributed by atoms with van der Waals surface area (Å²) in [4.78, 5) is 22.9. The summed E-state index contributed by atoms with van der Waals surface area (Å²) in [5.74, 6) is -0.541. The van der Waals surface area contributed by atoms with E-state index in [1.807, 2.05) is 5.32 Å². The SMILES string of the molecule is COCO[C@H](C=O)[C@H]1OCO[C@@H]1[C@@H](NC(=O)C(F)(F)F)C1SCCCS1. The number of alkyl halides is 3. The molecule has 0 saturated carbocycles. The molecule has 0 spiro atoms. The first-order valence-corrected chi connectivity index (χ1v) is 9.88. The molecule has 0 radical (unpaired) electrons. The van der Waals surface area contributed by atoms with Crippen LogP contribution >= 0.6 is 23.5 Å². The van der Waals surface area contributed by atoms with Crippen molar-refractivity contribution >= 4 is 35.7 Å². The molecule has 1 N–H and O–H groups in total. The van der Waals surface area contributed by atoms with E-state index in [2.05, 4.69) is 0 Å². The van der Waals surface area contributed by atoms with Crippen LogP contribution in [0.25, 0.3) is 0 Å². The van der Waals surface area contributed by atoms with Gasteiger partial charge < -0.3 is 29.1 Å². The van der Waals surface area contributed by atoms with E-state index < -0.39 is 36.4 Å². The smallest absolute Gasteiger partial charge is 0.359 e. The summed E-state index contributed by atoms with van der Waals surface area (Å²) in [6.07, 6.45) is -6.62. The summed E-state index contributed by atoms with van der Waals surface area (Å²) in [5.41, 5.74) is 0. The highest BCUT2D eigenvalue weighted by molar-refractivity contribution is 8.17. The minimum atomic E-state index is -5.02. The van der Waals surface area contributed by atoms with Crippen molar-refractivity contribution in [3.05, 3.63) is 0 Å². The fraction of sp³-hybridized carbons (Fsp3) is 0.857. The van der Waals surface area contributed by atoms with Crippen LogP contribution in [0.3, 0.4) is 0 Å². The molecule has 0 aromatic rings. The maximum atomic E-state index is 12.8. The van der Waals surface area contributed by atoms with Gasteiger partial charge in [0.2, 0.25) is 0 Å². The Morgan fingerprint density at radius 3 is 2.54 bits per heavy atom. The van der Waals surface area contributed by atoms with Crippen molar-refractivity contribution in [1.29, 1.82) is 0 Å². The van der Waals surface area contributed by atoms with Gasteiger partial charge in [0.05, 0.1) is 10.6 Å². The number of rotatable bonds is 8. The maximum Gasteiger partial charge on any atom is 0.471 e. The fourth-order valence-electron chi connectivity index (χ4n) is 2.59. The number of hydrogen-bond acceptors (Lipinski definition) is 8. The lowest BCUT2D eigenvalue weighted by molar-refractivity contribution is -0.175. The Bertz CT molecular complexity index is 478. The molecular weight excluding hydrogens is 399 g/mol. The van der Waals surface area contributed by atoms with Crippen LogP contribution in [-0.4, -0.2) is 79.5 Å². The van der Waals surface area contributed by atoms with Crippen LogP contribution in [0.5, 0.6) is 0 Å². The second kappa shape index (κ2) is 10.1. The third-order valence-electron chi connectivity index (χ3n) is 3.74. The second-order valence-corrected chi connectivity index (χ2v) is 8.31. The van der Waals surface area contributed by atoms with Gasteiger partial charge in [0, 0.05) is 7.11 Å².